The molecule has 0 amide bonds. The molecule has 1 aliphatic heterocycles. The van der Waals surface area contributed by atoms with E-state index in [0.717, 1.165) is 13.1 Å². The summed E-state index contributed by atoms with van der Waals surface area (Å²) in [6.07, 6.45) is 2.39. The van der Waals surface area contributed by atoms with Crippen LogP contribution in [0.4, 0.5) is 11.4 Å². The summed E-state index contributed by atoms with van der Waals surface area (Å²) in [5, 5.41) is 10.5. The molecule has 1 saturated heterocycles. The molecule has 6 nitrogen and oxygen atoms in total. The molecule has 0 saturated carbocycles. The minimum absolute atomic E-state index is 0.0176. The minimum atomic E-state index is -0.472. The van der Waals surface area contributed by atoms with Gasteiger partial charge in [0.05, 0.1) is 10.6 Å². The first-order valence-electron chi connectivity index (χ1n) is 5.56. The van der Waals surface area contributed by atoms with E-state index >= 15 is 0 Å². The molecule has 1 aliphatic rings. The van der Waals surface area contributed by atoms with Gasteiger partial charge in [0.2, 0.25) is 0 Å². The van der Waals surface area contributed by atoms with E-state index in [0.29, 0.717) is 18.2 Å². The van der Waals surface area contributed by atoms with Crippen molar-refractivity contribution in [1.82, 2.24) is 4.90 Å². The Balaban J connectivity index is 1.98. The van der Waals surface area contributed by atoms with Gasteiger partial charge in [0, 0.05) is 25.2 Å². The van der Waals surface area contributed by atoms with Crippen LogP contribution < -0.4 is 10.5 Å². The number of rotatable bonds is 4. The molecule has 92 valence electrons. The van der Waals surface area contributed by atoms with E-state index in [2.05, 4.69) is 4.90 Å². The zero-order valence-electron chi connectivity index (χ0n) is 9.46. The molecule has 2 rings (SSSR count). The molecule has 17 heavy (non-hydrogen) atoms. The molecule has 1 heterocycles. The van der Waals surface area contributed by atoms with Crippen molar-refractivity contribution < 1.29 is 9.66 Å². The number of benzene rings is 1. The highest BCUT2D eigenvalue weighted by Crippen LogP contribution is 2.26. The molecular formula is C11H15N3O3. The second-order valence-electron chi connectivity index (χ2n) is 4.08. The average Bonchev–Trinajstić information content (AvgIpc) is 2.80. The molecule has 1 fully saturated rings. The van der Waals surface area contributed by atoms with Crippen LogP contribution in [-0.2, 0) is 0 Å². The van der Waals surface area contributed by atoms with Crippen molar-refractivity contribution >= 4 is 11.4 Å². The highest BCUT2D eigenvalue weighted by atomic mass is 16.6. The van der Waals surface area contributed by atoms with E-state index in [9.17, 15) is 10.1 Å². The van der Waals surface area contributed by atoms with Crippen LogP contribution in [0.5, 0.6) is 5.75 Å². The van der Waals surface area contributed by atoms with Gasteiger partial charge < -0.3 is 10.5 Å². The van der Waals surface area contributed by atoms with E-state index in [1.165, 1.54) is 25.0 Å². The van der Waals surface area contributed by atoms with Crippen molar-refractivity contribution in [1.29, 1.82) is 0 Å². The first kappa shape index (κ1) is 11.7. The van der Waals surface area contributed by atoms with Crippen molar-refractivity contribution in [3.63, 3.8) is 0 Å². The van der Waals surface area contributed by atoms with Crippen molar-refractivity contribution in [2.45, 2.75) is 12.8 Å². The van der Waals surface area contributed by atoms with Crippen LogP contribution in [0, 0.1) is 10.1 Å². The van der Waals surface area contributed by atoms with Crippen LogP contribution in [0.25, 0.3) is 0 Å². The summed E-state index contributed by atoms with van der Waals surface area (Å²) in [7, 11) is 0. The first-order valence-corrected chi connectivity index (χ1v) is 5.56. The molecule has 0 atom stereocenters. The summed E-state index contributed by atoms with van der Waals surface area (Å²) in [5.74, 6) is 0.502. The summed E-state index contributed by atoms with van der Waals surface area (Å²) in [6, 6.07) is 4.26. The van der Waals surface area contributed by atoms with Crippen LogP contribution in [0.1, 0.15) is 12.8 Å². The van der Waals surface area contributed by atoms with Gasteiger partial charge in [0.1, 0.15) is 12.5 Å². The molecule has 0 aliphatic carbocycles. The maximum atomic E-state index is 10.5. The molecule has 1 aromatic rings. The second kappa shape index (κ2) is 5.01. The number of nitrogens with two attached hydrogens (primary N) is 1. The lowest BCUT2D eigenvalue weighted by Crippen LogP contribution is -2.24. The largest absolute Gasteiger partial charge is 0.476 e. The van der Waals surface area contributed by atoms with Gasteiger partial charge in [-0.25, -0.2) is 0 Å². The Morgan fingerprint density at radius 2 is 2.12 bits per heavy atom. The normalized spacial score (nSPS) is 16.0. The van der Waals surface area contributed by atoms with Crippen molar-refractivity contribution in [2.24, 2.45) is 0 Å². The number of anilines is 1. The van der Waals surface area contributed by atoms with Gasteiger partial charge in [-0.05, 0) is 18.9 Å². The predicted molar refractivity (Wildman–Crippen MR) is 63.8 cm³/mol. The summed E-state index contributed by atoms with van der Waals surface area (Å²) in [6.45, 7) is 2.56. The quantitative estimate of drug-likeness (QED) is 0.488. The Kier molecular flexibility index (Phi) is 3.43. The number of nitrogen functional groups attached to an aromatic ring is 1. The third-order valence-electron chi connectivity index (χ3n) is 2.81. The number of non-ortho nitro benzene ring substituents is 1. The van der Waals surface area contributed by atoms with Crippen LogP contribution in [-0.4, -0.2) is 29.6 Å². The Morgan fingerprint density at radius 3 is 2.71 bits per heavy atom. The summed E-state index contributed by atoms with van der Waals surface area (Å²) >= 11 is 0. The SMILES string of the molecule is Nc1cc([N+](=O)[O-])ccc1OCN1CCCC1. The maximum absolute atomic E-state index is 10.5. The number of hydrogen-bond donors (Lipinski definition) is 1. The second-order valence-corrected chi connectivity index (χ2v) is 4.08. The van der Waals surface area contributed by atoms with Crippen LogP contribution in [0.15, 0.2) is 18.2 Å². The molecule has 6 heteroatoms. The van der Waals surface area contributed by atoms with Crippen molar-refractivity contribution in [3.05, 3.63) is 28.3 Å². The zero-order chi connectivity index (χ0) is 12.3. The number of nitro groups is 1. The lowest BCUT2D eigenvalue weighted by Gasteiger charge is -2.16. The third kappa shape index (κ3) is 2.85. The van der Waals surface area contributed by atoms with Crippen LogP contribution in [0.2, 0.25) is 0 Å². The fourth-order valence-electron chi connectivity index (χ4n) is 1.85. The Hall–Kier alpha value is -1.82. The van der Waals surface area contributed by atoms with Gasteiger partial charge in [-0.1, -0.05) is 0 Å². The molecule has 0 aromatic heterocycles. The van der Waals surface area contributed by atoms with Gasteiger partial charge in [0.25, 0.3) is 5.69 Å². The summed E-state index contributed by atoms with van der Waals surface area (Å²) < 4.78 is 5.53. The maximum Gasteiger partial charge on any atom is 0.271 e. The lowest BCUT2D eigenvalue weighted by molar-refractivity contribution is -0.384. The van der Waals surface area contributed by atoms with E-state index in [-0.39, 0.29) is 5.69 Å². The standard InChI is InChI=1S/C11H15N3O3/c12-10-7-9(14(15)16)3-4-11(10)17-8-13-5-1-2-6-13/h3-4,7H,1-2,5-6,8,12H2. The molecule has 0 radical (unpaired) electrons. The highest BCUT2D eigenvalue weighted by molar-refractivity contribution is 5.58. The Labute approximate surface area is 99.1 Å². The molecule has 0 spiro atoms. The number of ether oxygens (including phenoxy) is 1. The van der Waals surface area contributed by atoms with Gasteiger partial charge in [-0.15, -0.1) is 0 Å². The molecule has 0 unspecified atom stereocenters. The van der Waals surface area contributed by atoms with E-state index in [1.807, 2.05) is 0 Å². The molecular weight excluding hydrogens is 222 g/mol. The molecule has 0 bridgehead atoms. The Bertz CT molecular complexity index is 416. The average molecular weight is 237 g/mol. The fraction of sp³-hybridized carbons (Fsp3) is 0.455. The lowest BCUT2D eigenvalue weighted by atomic mass is 10.2. The highest BCUT2D eigenvalue weighted by Gasteiger charge is 2.13. The number of nitro benzene ring substituents is 1. The smallest absolute Gasteiger partial charge is 0.271 e. The summed E-state index contributed by atoms with van der Waals surface area (Å²) in [4.78, 5) is 12.2. The van der Waals surface area contributed by atoms with Crippen LogP contribution in [0.3, 0.4) is 0 Å². The Morgan fingerprint density at radius 1 is 1.41 bits per heavy atom. The number of likely N-dealkylation sites (tertiary alicyclic amines) is 1. The van der Waals surface area contributed by atoms with Gasteiger partial charge in [0.15, 0.2) is 0 Å². The monoisotopic (exact) mass is 237 g/mol. The number of nitrogens with zero attached hydrogens (tertiary/aromatic N) is 2. The summed E-state index contributed by atoms with van der Waals surface area (Å²) in [5.41, 5.74) is 5.98. The third-order valence-corrected chi connectivity index (χ3v) is 2.81. The van der Waals surface area contributed by atoms with Crippen LogP contribution >= 0.6 is 0 Å². The van der Waals surface area contributed by atoms with Gasteiger partial charge in [-0.3, -0.25) is 15.0 Å². The van der Waals surface area contributed by atoms with E-state index in [4.69, 9.17) is 10.5 Å². The van der Waals surface area contributed by atoms with Crippen molar-refractivity contribution in [2.75, 3.05) is 25.6 Å². The van der Waals surface area contributed by atoms with Gasteiger partial charge >= 0.3 is 0 Å². The predicted octanol–water partition coefficient (Wildman–Crippen LogP) is 1.61. The zero-order valence-corrected chi connectivity index (χ0v) is 9.46. The first-order chi connectivity index (χ1) is 8.16. The van der Waals surface area contributed by atoms with Crippen molar-refractivity contribution in [3.8, 4) is 5.75 Å². The minimum Gasteiger partial charge on any atom is -0.476 e. The molecule has 2 N–H and O–H groups in total. The van der Waals surface area contributed by atoms with Gasteiger partial charge in [-0.2, -0.15) is 0 Å². The van der Waals surface area contributed by atoms with E-state index < -0.39 is 4.92 Å². The number of hydrogen-bond acceptors (Lipinski definition) is 5. The van der Waals surface area contributed by atoms with E-state index in [1.54, 1.807) is 6.07 Å². The topological polar surface area (TPSA) is 81.6 Å². The fourth-order valence-corrected chi connectivity index (χ4v) is 1.85. The molecule has 1 aromatic carbocycles.